The van der Waals surface area contributed by atoms with E-state index < -0.39 is 29.7 Å². The van der Waals surface area contributed by atoms with Gasteiger partial charge >= 0.3 is 0 Å². The number of nitrogens with zero attached hydrogens (tertiary/aromatic N) is 1. The molecule has 3 aromatic rings. The molecule has 1 saturated heterocycles. The van der Waals surface area contributed by atoms with Crippen LogP contribution in [0.5, 0.6) is 0 Å². The molecule has 1 aliphatic heterocycles. The maximum atomic E-state index is 14.1. The summed E-state index contributed by atoms with van der Waals surface area (Å²) in [5.74, 6) is -1.59. The Morgan fingerprint density at radius 1 is 1.06 bits per heavy atom. The number of carbonyl (C=O) groups excluding carboxylic acids is 2. The number of hydrogen-bond donors (Lipinski definition) is 2. The van der Waals surface area contributed by atoms with Gasteiger partial charge in [-0.2, -0.15) is 0 Å². The highest BCUT2D eigenvalue weighted by Gasteiger charge is 2.35. The molecule has 0 bridgehead atoms. The lowest BCUT2D eigenvalue weighted by molar-refractivity contribution is -0.155. The van der Waals surface area contributed by atoms with Crippen molar-refractivity contribution in [2.45, 2.75) is 18.7 Å². The van der Waals surface area contributed by atoms with E-state index in [4.69, 9.17) is 4.74 Å². The zero-order valence-corrected chi connectivity index (χ0v) is 17.6. The van der Waals surface area contributed by atoms with Crippen molar-refractivity contribution in [1.82, 2.24) is 4.90 Å². The lowest BCUT2D eigenvalue weighted by Gasteiger charge is -2.38. The monoisotopic (exact) mass is 452 g/mol. The van der Waals surface area contributed by atoms with E-state index in [1.807, 2.05) is 0 Å². The van der Waals surface area contributed by atoms with Crippen LogP contribution in [0.3, 0.4) is 0 Å². The normalized spacial score (nSPS) is 17.0. The molecule has 0 aliphatic carbocycles. The van der Waals surface area contributed by atoms with Gasteiger partial charge in [-0.3, -0.25) is 9.59 Å². The van der Waals surface area contributed by atoms with Crippen LogP contribution in [-0.2, 0) is 16.1 Å². The molecule has 2 amide bonds. The number of aliphatic hydroxyl groups excluding tert-OH is 1. The number of ether oxygens (including phenoxy) is 1. The standard InChI is InChI=1S/C25H22F2N2O4/c26-19-9-5-17(6-10-19)25(32)28-20-11-7-16(8-12-20)24(31)22-14-33-15-23(30)29(22)13-18-3-1-2-4-21(18)27/h1-12,22,24,31H,13-15H2,(H,28,32). The molecule has 1 heterocycles. The fourth-order valence-corrected chi connectivity index (χ4v) is 3.69. The first-order chi connectivity index (χ1) is 15.9. The number of morpholine rings is 1. The summed E-state index contributed by atoms with van der Waals surface area (Å²) in [4.78, 5) is 26.2. The molecule has 170 valence electrons. The van der Waals surface area contributed by atoms with E-state index in [1.165, 1.54) is 35.2 Å². The number of halogens is 2. The van der Waals surface area contributed by atoms with Crippen LogP contribution in [0.4, 0.5) is 14.5 Å². The Hall–Kier alpha value is -3.62. The fourth-order valence-electron chi connectivity index (χ4n) is 3.69. The van der Waals surface area contributed by atoms with Crippen LogP contribution in [0.15, 0.2) is 72.8 Å². The highest BCUT2D eigenvalue weighted by Crippen LogP contribution is 2.27. The number of anilines is 1. The molecule has 2 N–H and O–H groups in total. The molecule has 2 unspecified atom stereocenters. The molecule has 0 saturated carbocycles. The summed E-state index contributed by atoms with van der Waals surface area (Å²) in [6, 6.07) is 17.1. The van der Waals surface area contributed by atoms with Gasteiger partial charge in [0.25, 0.3) is 5.91 Å². The Balaban J connectivity index is 1.47. The Kier molecular flexibility index (Phi) is 6.76. The fraction of sp³-hybridized carbons (Fsp3) is 0.200. The Bertz CT molecular complexity index is 1140. The van der Waals surface area contributed by atoms with Gasteiger partial charge in [0.05, 0.1) is 12.6 Å². The van der Waals surface area contributed by atoms with Gasteiger partial charge in [-0.1, -0.05) is 30.3 Å². The van der Waals surface area contributed by atoms with E-state index in [1.54, 1.807) is 42.5 Å². The van der Waals surface area contributed by atoms with Gasteiger partial charge in [0.2, 0.25) is 5.91 Å². The lowest BCUT2D eigenvalue weighted by atomic mass is 9.99. The van der Waals surface area contributed by atoms with Gasteiger partial charge < -0.3 is 20.1 Å². The second kappa shape index (κ2) is 9.89. The van der Waals surface area contributed by atoms with Crippen molar-refractivity contribution in [1.29, 1.82) is 0 Å². The molecule has 4 rings (SSSR count). The summed E-state index contributed by atoms with van der Waals surface area (Å²) < 4.78 is 32.5. The van der Waals surface area contributed by atoms with Gasteiger partial charge in [0.1, 0.15) is 24.3 Å². The number of benzene rings is 3. The smallest absolute Gasteiger partial charge is 0.255 e. The minimum absolute atomic E-state index is 0.0163. The van der Waals surface area contributed by atoms with Crippen LogP contribution in [0, 0.1) is 11.6 Å². The van der Waals surface area contributed by atoms with Crippen molar-refractivity contribution in [3.63, 3.8) is 0 Å². The minimum Gasteiger partial charge on any atom is -0.386 e. The Morgan fingerprint density at radius 2 is 1.76 bits per heavy atom. The summed E-state index contributed by atoms with van der Waals surface area (Å²) in [7, 11) is 0. The van der Waals surface area contributed by atoms with Crippen LogP contribution < -0.4 is 5.32 Å². The van der Waals surface area contributed by atoms with Crippen LogP contribution in [0.1, 0.15) is 27.6 Å². The van der Waals surface area contributed by atoms with E-state index in [0.717, 1.165) is 0 Å². The Morgan fingerprint density at radius 3 is 2.45 bits per heavy atom. The summed E-state index contributed by atoms with van der Waals surface area (Å²) in [5, 5.41) is 13.7. The molecule has 0 spiro atoms. The average molecular weight is 452 g/mol. The maximum absolute atomic E-state index is 14.1. The summed E-state index contributed by atoms with van der Waals surface area (Å²) in [5.41, 5.74) is 1.65. The van der Waals surface area contributed by atoms with Crippen molar-refractivity contribution in [3.05, 3.63) is 101 Å². The number of amides is 2. The van der Waals surface area contributed by atoms with Crippen LogP contribution in [0.25, 0.3) is 0 Å². The first-order valence-electron chi connectivity index (χ1n) is 10.4. The number of aliphatic hydroxyl groups is 1. The van der Waals surface area contributed by atoms with Crippen molar-refractivity contribution >= 4 is 17.5 Å². The zero-order chi connectivity index (χ0) is 23.4. The number of hydrogen-bond acceptors (Lipinski definition) is 4. The summed E-state index contributed by atoms with van der Waals surface area (Å²) >= 11 is 0. The van der Waals surface area contributed by atoms with Crippen molar-refractivity contribution in [2.75, 3.05) is 18.5 Å². The second-order valence-corrected chi connectivity index (χ2v) is 7.72. The van der Waals surface area contributed by atoms with E-state index in [2.05, 4.69) is 5.32 Å². The number of rotatable bonds is 6. The summed E-state index contributed by atoms with van der Waals surface area (Å²) in [6.07, 6.45) is -1.08. The predicted octanol–water partition coefficient (Wildman–Crippen LogP) is 3.68. The molecule has 6 nitrogen and oxygen atoms in total. The molecule has 0 radical (unpaired) electrons. The van der Waals surface area contributed by atoms with E-state index in [0.29, 0.717) is 22.4 Å². The molecule has 3 aromatic carbocycles. The molecule has 2 atom stereocenters. The van der Waals surface area contributed by atoms with Crippen molar-refractivity contribution in [2.24, 2.45) is 0 Å². The van der Waals surface area contributed by atoms with Crippen LogP contribution >= 0.6 is 0 Å². The second-order valence-electron chi connectivity index (χ2n) is 7.72. The van der Waals surface area contributed by atoms with E-state index >= 15 is 0 Å². The molecular weight excluding hydrogens is 430 g/mol. The van der Waals surface area contributed by atoms with Crippen LogP contribution in [0.2, 0.25) is 0 Å². The van der Waals surface area contributed by atoms with E-state index in [-0.39, 0.29) is 25.7 Å². The maximum Gasteiger partial charge on any atom is 0.255 e. The molecule has 0 aromatic heterocycles. The number of carbonyl (C=O) groups is 2. The third-order valence-corrected chi connectivity index (χ3v) is 5.51. The average Bonchev–Trinajstić information content (AvgIpc) is 2.82. The predicted molar refractivity (Wildman–Crippen MR) is 117 cm³/mol. The first kappa shape index (κ1) is 22.6. The molecular formula is C25H22F2N2O4. The van der Waals surface area contributed by atoms with Crippen LogP contribution in [-0.4, -0.2) is 41.1 Å². The van der Waals surface area contributed by atoms with E-state index in [9.17, 15) is 23.5 Å². The van der Waals surface area contributed by atoms with Gasteiger partial charge in [-0.25, -0.2) is 8.78 Å². The SMILES string of the molecule is O=C(Nc1ccc(C(O)C2COCC(=O)N2Cc2ccccc2F)cc1)c1ccc(F)cc1. The lowest BCUT2D eigenvalue weighted by Crippen LogP contribution is -2.51. The van der Waals surface area contributed by atoms with Gasteiger partial charge in [0.15, 0.2) is 0 Å². The highest BCUT2D eigenvalue weighted by atomic mass is 19.1. The molecule has 8 heteroatoms. The third-order valence-electron chi connectivity index (χ3n) is 5.51. The van der Waals surface area contributed by atoms with Gasteiger partial charge in [0, 0.05) is 23.4 Å². The molecule has 1 aliphatic rings. The highest BCUT2D eigenvalue weighted by molar-refractivity contribution is 6.04. The number of nitrogens with one attached hydrogen (secondary N) is 1. The molecule has 1 fully saturated rings. The quantitative estimate of drug-likeness (QED) is 0.598. The largest absolute Gasteiger partial charge is 0.386 e. The topological polar surface area (TPSA) is 78.9 Å². The minimum atomic E-state index is -1.08. The van der Waals surface area contributed by atoms with Crippen molar-refractivity contribution in [3.8, 4) is 0 Å². The molecule has 33 heavy (non-hydrogen) atoms. The Labute approximate surface area is 189 Å². The van der Waals surface area contributed by atoms with Gasteiger partial charge in [-0.05, 0) is 48.0 Å². The first-order valence-corrected chi connectivity index (χ1v) is 10.4. The zero-order valence-electron chi connectivity index (χ0n) is 17.6. The third kappa shape index (κ3) is 5.24. The van der Waals surface area contributed by atoms with Gasteiger partial charge in [-0.15, -0.1) is 0 Å². The summed E-state index contributed by atoms with van der Waals surface area (Å²) in [6.45, 7) is -0.0150. The van der Waals surface area contributed by atoms with Crippen molar-refractivity contribution < 1.29 is 28.2 Å².